The smallest absolute Gasteiger partial charge is 0.335 e. The van der Waals surface area contributed by atoms with Gasteiger partial charge < -0.3 is 9.47 Å². The molecule has 0 aromatic heterocycles. The Bertz CT molecular complexity index is 1310. The van der Waals surface area contributed by atoms with Crippen molar-refractivity contribution in [1.29, 1.82) is 0 Å². The third-order valence-corrected chi connectivity index (χ3v) is 6.37. The fourth-order valence-corrected chi connectivity index (χ4v) is 4.34. The molecule has 1 heterocycles. The number of halogens is 2. The second kappa shape index (κ2) is 10.2. The summed E-state index contributed by atoms with van der Waals surface area (Å²) in [4.78, 5) is 38.8. The highest BCUT2D eigenvalue weighted by Gasteiger charge is 2.36. The number of ether oxygens (including phenoxy) is 2. The molecule has 1 fully saturated rings. The van der Waals surface area contributed by atoms with Gasteiger partial charge in [0.15, 0.2) is 11.5 Å². The van der Waals surface area contributed by atoms with E-state index >= 15 is 0 Å². The maximum atomic E-state index is 13.1. The lowest BCUT2D eigenvalue weighted by atomic mass is 10.1. The van der Waals surface area contributed by atoms with Gasteiger partial charge in [0.05, 0.1) is 17.3 Å². The van der Waals surface area contributed by atoms with E-state index in [0.29, 0.717) is 33.8 Å². The quantitative estimate of drug-likeness (QED) is 0.306. The van der Waals surface area contributed by atoms with E-state index in [9.17, 15) is 14.4 Å². The lowest BCUT2D eigenvalue weighted by molar-refractivity contribution is -0.122. The van der Waals surface area contributed by atoms with Crippen LogP contribution in [0.3, 0.4) is 0 Å². The zero-order chi connectivity index (χ0) is 24.2. The van der Waals surface area contributed by atoms with Gasteiger partial charge in [0.1, 0.15) is 12.2 Å². The summed E-state index contributed by atoms with van der Waals surface area (Å²) < 4.78 is 13.0. The number of rotatable bonds is 6. The van der Waals surface area contributed by atoms with Crippen molar-refractivity contribution in [2.75, 3.05) is 12.0 Å². The highest BCUT2D eigenvalue weighted by atomic mass is 79.9. The van der Waals surface area contributed by atoms with Crippen molar-refractivity contribution in [3.63, 3.8) is 0 Å². The minimum absolute atomic E-state index is 0.181. The van der Waals surface area contributed by atoms with Crippen molar-refractivity contribution >= 4 is 61.5 Å². The normalized spacial score (nSPS) is 14.9. The van der Waals surface area contributed by atoms with Gasteiger partial charge in [0, 0.05) is 10.0 Å². The van der Waals surface area contributed by atoms with E-state index in [-0.39, 0.29) is 5.57 Å². The van der Waals surface area contributed by atoms with Crippen molar-refractivity contribution in [2.24, 2.45) is 0 Å². The number of nitrogens with one attached hydrogen (secondary N) is 1. The van der Waals surface area contributed by atoms with Gasteiger partial charge in [-0.15, -0.1) is 0 Å². The van der Waals surface area contributed by atoms with Crippen molar-refractivity contribution in [2.45, 2.75) is 6.61 Å². The number of nitrogens with zero attached hydrogens (tertiary/aromatic N) is 1. The summed E-state index contributed by atoms with van der Waals surface area (Å²) in [6, 6.07) is 18.6. The highest BCUT2D eigenvalue weighted by molar-refractivity contribution is 9.10. The number of methoxy groups -OCH3 is 1. The molecule has 1 saturated heterocycles. The predicted molar refractivity (Wildman–Crippen MR) is 135 cm³/mol. The molecule has 172 valence electrons. The number of urea groups is 1. The van der Waals surface area contributed by atoms with Gasteiger partial charge in [0.2, 0.25) is 0 Å². The zero-order valence-electron chi connectivity index (χ0n) is 17.9. The first kappa shape index (κ1) is 23.7. The monoisotopic (exact) mass is 584 g/mol. The number of barbiturate groups is 1. The van der Waals surface area contributed by atoms with Gasteiger partial charge in [-0.3, -0.25) is 14.9 Å². The number of anilines is 1. The fraction of sp³-hybridized carbons (Fsp3) is 0.0800. The molecular weight excluding hydrogens is 568 g/mol. The van der Waals surface area contributed by atoms with Crippen LogP contribution in [-0.4, -0.2) is 25.0 Å². The number of carbonyl (C=O) groups excluding carboxylic acids is 3. The number of hydrogen-bond acceptors (Lipinski definition) is 5. The van der Waals surface area contributed by atoms with Gasteiger partial charge in [-0.2, -0.15) is 0 Å². The Morgan fingerprint density at radius 3 is 2.35 bits per heavy atom. The molecule has 0 aliphatic carbocycles. The standard InChI is InChI=1S/C25H18Br2N2O5/c1-33-21-13-15(12-20(27)22(21)34-14-16-7-5-6-10-19(16)26)11-18-23(30)28-25(32)29(24(18)31)17-8-3-2-4-9-17/h2-13H,14H2,1H3,(H,28,30,32)/b18-11+. The van der Waals surface area contributed by atoms with E-state index in [0.717, 1.165) is 14.9 Å². The van der Waals surface area contributed by atoms with Crippen molar-refractivity contribution in [1.82, 2.24) is 5.32 Å². The van der Waals surface area contributed by atoms with Gasteiger partial charge in [-0.1, -0.05) is 52.3 Å². The average molecular weight is 586 g/mol. The van der Waals surface area contributed by atoms with E-state index in [1.807, 2.05) is 24.3 Å². The molecule has 1 N–H and O–H groups in total. The van der Waals surface area contributed by atoms with Crippen LogP contribution in [0.25, 0.3) is 6.08 Å². The molecule has 7 nitrogen and oxygen atoms in total. The summed E-state index contributed by atoms with van der Waals surface area (Å²) in [6.45, 7) is 0.297. The Hall–Kier alpha value is -3.43. The summed E-state index contributed by atoms with van der Waals surface area (Å²) in [5.41, 5.74) is 1.65. The largest absolute Gasteiger partial charge is 0.493 e. The molecule has 9 heteroatoms. The molecule has 3 aromatic carbocycles. The predicted octanol–water partition coefficient (Wildman–Crippen LogP) is 5.47. The minimum atomic E-state index is -0.798. The lowest BCUT2D eigenvalue weighted by Crippen LogP contribution is -2.54. The number of hydrogen-bond donors (Lipinski definition) is 1. The molecule has 34 heavy (non-hydrogen) atoms. The van der Waals surface area contributed by atoms with E-state index in [2.05, 4.69) is 37.2 Å². The van der Waals surface area contributed by atoms with Crippen LogP contribution in [0.5, 0.6) is 11.5 Å². The summed E-state index contributed by atoms with van der Waals surface area (Å²) in [5.74, 6) is -0.607. The number of para-hydroxylation sites is 1. The molecule has 4 rings (SSSR count). The Balaban J connectivity index is 1.65. The first-order chi connectivity index (χ1) is 16.4. The van der Waals surface area contributed by atoms with Gasteiger partial charge >= 0.3 is 6.03 Å². The first-order valence-corrected chi connectivity index (χ1v) is 11.7. The number of carbonyl (C=O) groups is 3. The molecule has 0 atom stereocenters. The number of amides is 4. The Morgan fingerprint density at radius 2 is 1.65 bits per heavy atom. The van der Waals surface area contributed by atoms with Crippen LogP contribution in [0.4, 0.5) is 10.5 Å². The van der Waals surface area contributed by atoms with E-state index < -0.39 is 17.8 Å². The van der Waals surface area contributed by atoms with Crippen LogP contribution >= 0.6 is 31.9 Å². The summed E-state index contributed by atoms with van der Waals surface area (Å²) in [5, 5.41) is 2.21. The van der Waals surface area contributed by atoms with Crippen LogP contribution < -0.4 is 19.7 Å². The van der Waals surface area contributed by atoms with Gasteiger partial charge in [-0.05, 0) is 57.9 Å². The summed E-state index contributed by atoms with van der Waals surface area (Å²) >= 11 is 6.99. The third-order valence-electron chi connectivity index (χ3n) is 5.01. The highest BCUT2D eigenvalue weighted by Crippen LogP contribution is 2.38. The van der Waals surface area contributed by atoms with E-state index in [4.69, 9.17) is 9.47 Å². The summed E-state index contributed by atoms with van der Waals surface area (Å²) in [6.07, 6.45) is 1.41. The minimum Gasteiger partial charge on any atom is -0.493 e. The molecule has 0 bridgehead atoms. The van der Waals surface area contributed by atoms with Crippen LogP contribution in [0.15, 0.2) is 81.2 Å². The zero-order valence-corrected chi connectivity index (χ0v) is 21.1. The molecule has 0 spiro atoms. The topological polar surface area (TPSA) is 84.9 Å². The maximum Gasteiger partial charge on any atom is 0.335 e. The van der Waals surface area contributed by atoms with Crippen molar-refractivity contribution in [3.8, 4) is 11.5 Å². The molecule has 0 radical (unpaired) electrons. The van der Waals surface area contributed by atoms with Crippen molar-refractivity contribution < 1.29 is 23.9 Å². The molecule has 3 aromatic rings. The van der Waals surface area contributed by atoms with E-state index in [1.165, 1.54) is 13.2 Å². The number of imide groups is 2. The van der Waals surface area contributed by atoms with Crippen LogP contribution in [-0.2, 0) is 16.2 Å². The first-order valence-electron chi connectivity index (χ1n) is 10.1. The van der Waals surface area contributed by atoms with E-state index in [1.54, 1.807) is 42.5 Å². The molecule has 1 aliphatic heterocycles. The summed E-state index contributed by atoms with van der Waals surface area (Å²) in [7, 11) is 1.50. The Kier molecular flexibility index (Phi) is 7.14. The fourth-order valence-electron chi connectivity index (χ4n) is 3.36. The van der Waals surface area contributed by atoms with Gasteiger partial charge in [-0.25, -0.2) is 9.69 Å². The maximum absolute atomic E-state index is 13.1. The second-order valence-corrected chi connectivity index (χ2v) is 8.92. The average Bonchev–Trinajstić information content (AvgIpc) is 2.82. The van der Waals surface area contributed by atoms with Crippen LogP contribution in [0.1, 0.15) is 11.1 Å². The molecule has 0 unspecified atom stereocenters. The molecule has 0 saturated carbocycles. The Labute approximate surface area is 212 Å². The molecular formula is C25H18Br2N2O5. The van der Waals surface area contributed by atoms with Crippen LogP contribution in [0.2, 0.25) is 0 Å². The molecule has 4 amide bonds. The SMILES string of the molecule is COc1cc(/C=C2\C(=O)NC(=O)N(c3ccccc3)C2=O)cc(Br)c1OCc1ccccc1Br. The molecule has 1 aliphatic rings. The van der Waals surface area contributed by atoms with Gasteiger partial charge in [0.25, 0.3) is 11.8 Å². The lowest BCUT2D eigenvalue weighted by Gasteiger charge is -2.26. The van der Waals surface area contributed by atoms with Crippen molar-refractivity contribution in [3.05, 3.63) is 92.4 Å². The number of benzene rings is 3. The Morgan fingerprint density at radius 1 is 0.941 bits per heavy atom. The van der Waals surface area contributed by atoms with Crippen LogP contribution in [0, 0.1) is 0 Å². The third kappa shape index (κ3) is 4.90. The second-order valence-electron chi connectivity index (χ2n) is 7.21.